The molecule has 0 aliphatic carbocycles. The number of aryl methyl sites for hydroxylation is 1. The number of ether oxygens (including phenoxy) is 2. The van der Waals surface area contributed by atoms with Gasteiger partial charge in [0.15, 0.2) is 11.5 Å². The smallest absolute Gasteiger partial charge is 0.241 e. The minimum atomic E-state index is -3.83. The van der Waals surface area contributed by atoms with Crippen LogP contribution in [0, 0.1) is 0 Å². The van der Waals surface area contributed by atoms with Crippen LogP contribution in [0.1, 0.15) is 12.0 Å². The van der Waals surface area contributed by atoms with Crippen LogP contribution in [-0.2, 0) is 21.2 Å². The number of benzene rings is 2. The zero-order valence-corrected chi connectivity index (χ0v) is 16.2. The van der Waals surface area contributed by atoms with Gasteiger partial charge >= 0.3 is 0 Å². The number of hydrogen-bond acceptors (Lipinski definition) is 5. The van der Waals surface area contributed by atoms with Gasteiger partial charge < -0.3 is 14.8 Å². The summed E-state index contributed by atoms with van der Waals surface area (Å²) in [5.74, 6) is 0.338. The summed E-state index contributed by atoms with van der Waals surface area (Å²) in [7, 11) is -0.947. The summed E-state index contributed by atoms with van der Waals surface area (Å²) in [6.07, 6.45) is 1.62. The molecule has 0 fully saturated rings. The molecule has 0 heterocycles. The predicted molar refractivity (Wildman–Crippen MR) is 103 cm³/mol. The van der Waals surface area contributed by atoms with Crippen molar-refractivity contribution in [3.05, 3.63) is 54.1 Å². The van der Waals surface area contributed by atoms with E-state index < -0.39 is 10.0 Å². The van der Waals surface area contributed by atoms with E-state index in [9.17, 15) is 13.2 Å². The minimum Gasteiger partial charge on any atom is -0.493 e. The molecule has 0 radical (unpaired) electrons. The van der Waals surface area contributed by atoms with E-state index in [1.165, 1.54) is 38.0 Å². The van der Waals surface area contributed by atoms with Crippen molar-refractivity contribution in [3.63, 3.8) is 0 Å². The van der Waals surface area contributed by atoms with Crippen molar-refractivity contribution in [1.82, 2.24) is 10.0 Å². The van der Waals surface area contributed by atoms with Crippen molar-refractivity contribution in [2.24, 2.45) is 0 Å². The van der Waals surface area contributed by atoms with Crippen LogP contribution in [0.25, 0.3) is 0 Å². The first kappa shape index (κ1) is 20.7. The Hall–Kier alpha value is -2.58. The number of carbonyl (C=O) groups is 1. The Morgan fingerprint density at radius 3 is 2.37 bits per heavy atom. The van der Waals surface area contributed by atoms with E-state index in [1.807, 2.05) is 30.3 Å². The van der Waals surface area contributed by atoms with E-state index in [-0.39, 0.29) is 17.3 Å². The maximum absolute atomic E-state index is 12.3. The maximum Gasteiger partial charge on any atom is 0.241 e. The first-order valence-electron chi connectivity index (χ1n) is 8.48. The number of sulfonamides is 1. The van der Waals surface area contributed by atoms with Gasteiger partial charge in [-0.2, -0.15) is 0 Å². The summed E-state index contributed by atoms with van der Waals surface area (Å²) >= 11 is 0. The quantitative estimate of drug-likeness (QED) is 0.601. The molecular weight excluding hydrogens is 368 g/mol. The molecule has 0 bridgehead atoms. The number of amides is 1. The zero-order chi connectivity index (χ0) is 19.7. The highest BCUT2D eigenvalue weighted by atomic mass is 32.2. The molecule has 146 valence electrons. The molecule has 0 saturated carbocycles. The Bertz CT molecular complexity index is 854. The summed E-state index contributed by atoms with van der Waals surface area (Å²) in [4.78, 5) is 11.9. The monoisotopic (exact) mass is 392 g/mol. The topological polar surface area (TPSA) is 93.7 Å². The highest BCUT2D eigenvalue weighted by Crippen LogP contribution is 2.29. The normalized spacial score (nSPS) is 11.0. The number of nitrogens with one attached hydrogen (secondary N) is 2. The lowest BCUT2D eigenvalue weighted by Crippen LogP contribution is -2.37. The van der Waals surface area contributed by atoms with E-state index in [1.54, 1.807) is 0 Å². The number of methoxy groups -OCH3 is 2. The van der Waals surface area contributed by atoms with Crippen LogP contribution in [0.4, 0.5) is 0 Å². The first-order chi connectivity index (χ1) is 13.0. The molecule has 0 aliphatic heterocycles. The molecule has 0 saturated heterocycles. The predicted octanol–water partition coefficient (Wildman–Crippen LogP) is 1.73. The van der Waals surface area contributed by atoms with E-state index in [0.717, 1.165) is 12.8 Å². The Balaban J connectivity index is 1.81. The molecule has 0 atom stereocenters. The van der Waals surface area contributed by atoms with Crippen LogP contribution in [0.2, 0.25) is 0 Å². The SMILES string of the molecule is COc1ccc(S(=O)(=O)NCC(=O)NCCCc2ccccc2)cc1OC. The third-order valence-corrected chi connectivity index (χ3v) is 5.29. The zero-order valence-electron chi connectivity index (χ0n) is 15.4. The fourth-order valence-corrected chi connectivity index (χ4v) is 3.45. The van der Waals surface area contributed by atoms with Crippen LogP contribution < -0.4 is 19.5 Å². The minimum absolute atomic E-state index is 0.00275. The lowest BCUT2D eigenvalue weighted by Gasteiger charge is -2.11. The lowest BCUT2D eigenvalue weighted by atomic mass is 10.1. The molecule has 0 unspecified atom stereocenters. The van der Waals surface area contributed by atoms with Crippen LogP contribution in [0.5, 0.6) is 11.5 Å². The Labute approximate surface area is 159 Å². The van der Waals surface area contributed by atoms with Gasteiger partial charge in [-0.1, -0.05) is 30.3 Å². The molecule has 0 aromatic heterocycles. The van der Waals surface area contributed by atoms with Crippen molar-refractivity contribution in [1.29, 1.82) is 0 Å². The maximum atomic E-state index is 12.3. The fraction of sp³-hybridized carbons (Fsp3) is 0.316. The Kier molecular flexibility index (Phi) is 7.63. The Morgan fingerprint density at radius 2 is 1.70 bits per heavy atom. The van der Waals surface area contributed by atoms with E-state index in [2.05, 4.69) is 10.0 Å². The van der Waals surface area contributed by atoms with Gasteiger partial charge in [0.25, 0.3) is 0 Å². The third-order valence-electron chi connectivity index (χ3n) is 3.90. The number of rotatable bonds is 10. The van der Waals surface area contributed by atoms with Gasteiger partial charge in [0, 0.05) is 12.6 Å². The summed E-state index contributed by atoms with van der Waals surface area (Å²) in [6, 6.07) is 14.2. The standard InChI is InChI=1S/C19H24N2O5S/c1-25-17-11-10-16(13-18(17)26-2)27(23,24)21-14-19(22)20-12-6-9-15-7-4-3-5-8-15/h3-5,7-8,10-11,13,21H,6,9,12,14H2,1-2H3,(H,20,22). The van der Waals surface area contributed by atoms with Gasteiger partial charge in [-0.25, -0.2) is 13.1 Å². The van der Waals surface area contributed by atoms with Crippen LogP contribution in [0.15, 0.2) is 53.4 Å². The van der Waals surface area contributed by atoms with Crippen molar-refractivity contribution in [2.45, 2.75) is 17.7 Å². The molecule has 2 rings (SSSR count). The van der Waals surface area contributed by atoms with E-state index in [4.69, 9.17) is 9.47 Å². The average molecular weight is 392 g/mol. The van der Waals surface area contributed by atoms with Crippen molar-refractivity contribution < 1.29 is 22.7 Å². The molecule has 2 aromatic carbocycles. The fourth-order valence-electron chi connectivity index (χ4n) is 2.46. The van der Waals surface area contributed by atoms with Gasteiger partial charge in [-0.3, -0.25) is 4.79 Å². The lowest BCUT2D eigenvalue weighted by molar-refractivity contribution is -0.119. The molecule has 27 heavy (non-hydrogen) atoms. The Morgan fingerprint density at radius 1 is 1.00 bits per heavy atom. The largest absolute Gasteiger partial charge is 0.493 e. The molecular formula is C19H24N2O5S. The van der Waals surface area contributed by atoms with Crippen LogP contribution in [0.3, 0.4) is 0 Å². The van der Waals surface area contributed by atoms with Gasteiger partial charge in [0.1, 0.15) is 0 Å². The van der Waals surface area contributed by atoms with Crippen molar-refractivity contribution in [3.8, 4) is 11.5 Å². The van der Waals surface area contributed by atoms with E-state index >= 15 is 0 Å². The highest BCUT2D eigenvalue weighted by Gasteiger charge is 2.18. The van der Waals surface area contributed by atoms with Gasteiger partial charge in [0.2, 0.25) is 15.9 Å². The highest BCUT2D eigenvalue weighted by molar-refractivity contribution is 7.89. The molecule has 2 N–H and O–H groups in total. The molecule has 2 aromatic rings. The summed E-state index contributed by atoms with van der Waals surface area (Å²) in [5, 5.41) is 2.71. The summed E-state index contributed by atoms with van der Waals surface area (Å²) < 4.78 is 37.1. The third kappa shape index (κ3) is 6.26. The second kappa shape index (κ2) is 9.94. The summed E-state index contributed by atoms with van der Waals surface area (Å²) in [6.45, 7) is 0.147. The molecule has 0 spiro atoms. The molecule has 8 heteroatoms. The molecule has 1 amide bonds. The first-order valence-corrected chi connectivity index (χ1v) is 9.97. The number of hydrogen-bond donors (Lipinski definition) is 2. The van der Waals surface area contributed by atoms with Crippen molar-refractivity contribution in [2.75, 3.05) is 27.3 Å². The second-order valence-electron chi connectivity index (χ2n) is 5.78. The van der Waals surface area contributed by atoms with Gasteiger partial charge in [0.05, 0.1) is 25.7 Å². The van der Waals surface area contributed by atoms with Crippen LogP contribution in [-0.4, -0.2) is 41.6 Å². The van der Waals surface area contributed by atoms with Gasteiger partial charge in [-0.05, 0) is 30.5 Å². The van der Waals surface area contributed by atoms with Crippen LogP contribution >= 0.6 is 0 Å². The molecule has 7 nitrogen and oxygen atoms in total. The van der Waals surface area contributed by atoms with Gasteiger partial charge in [-0.15, -0.1) is 0 Å². The van der Waals surface area contributed by atoms with Crippen molar-refractivity contribution >= 4 is 15.9 Å². The number of carbonyl (C=O) groups excluding carboxylic acids is 1. The second-order valence-corrected chi connectivity index (χ2v) is 7.55. The van der Waals surface area contributed by atoms with E-state index in [0.29, 0.717) is 18.0 Å². The average Bonchev–Trinajstić information content (AvgIpc) is 2.70. The summed E-state index contributed by atoms with van der Waals surface area (Å²) in [5.41, 5.74) is 1.20. The molecule has 0 aliphatic rings.